The first kappa shape index (κ1) is 19.3. The molecule has 0 spiro atoms. The van der Waals surface area contributed by atoms with Crippen LogP contribution in [0.5, 0.6) is 0 Å². The second-order valence-corrected chi connectivity index (χ2v) is 8.33. The number of allylic oxidation sites excluding steroid dienone is 1. The van der Waals surface area contributed by atoms with Crippen LogP contribution in [0.4, 0.5) is 0 Å². The maximum atomic E-state index is 12.5. The molecule has 0 radical (unpaired) electrons. The van der Waals surface area contributed by atoms with Gasteiger partial charge in [-0.05, 0) is 5.41 Å². The van der Waals surface area contributed by atoms with Gasteiger partial charge in [-0.2, -0.15) is 5.26 Å². The lowest BCUT2D eigenvalue weighted by Crippen LogP contribution is -2.70. The number of hydrogen-bond donors (Lipinski definition) is 3. The summed E-state index contributed by atoms with van der Waals surface area (Å²) in [6.07, 6.45) is 2.72. The fourth-order valence-corrected chi connectivity index (χ4v) is 5.31. The summed E-state index contributed by atoms with van der Waals surface area (Å²) in [6.45, 7) is 0. The first-order valence-electron chi connectivity index (χ1n) is 7.43. The maximum Gasteiger partial charge on any atom is 0.353 e. The summed E-state index contributed by atoms with van der Waals surface area (Å²) < 4.78 is 0. The number of carboxylic acid groups (broad SMARTS) is 1. The zero-order valence-electron chi connectivity index (χ0n) is 13.5. The van der Waals surface area contributed by atoms with Gasteiger partial charge >= 0.3 is 5.97 Å². The van der Waals surface area contributed by atoms with E-state index in [9.17, 15) is 19.5 Å². The molecule has 2 amide bonds. The van der Waals surface area contributed by atoms with Gasteiger partial charge in [0, 0.05) is 16.7 Å². The number of aromatic nitrogens is 3. The lowest BCUT2D eigenvalue weighted by Gasteiger charge is -2.49. The molecule has 2 atom stereocenters. The molecule has 2 aliphatic rings. The number of carbonyl (C=O) groups is 3. The number of nitriles is 1. The van der Waals surface area contributed by atoms with Gasteiger partial charge in [-0.3, -0.25) is 19.6 Å². The summed E-state index contributed by atoms with van der Waals surface area (Å²) in [6, 6.07) is 1.05. The van der Waals surface area contributed by atoms with Gasteiger partial charge in [0.25, 0.3) is 5.91 Å². The first-order chi connectivity index (χ1) is 13.0. The van der Waals surface area contributed by atoms with Crippen molar-refractivity contribution >= 4 is 53.1 Å². The fourth-order valence-electron chi connectivity index (χ4n) is 2.46. The predicted molar refractivity (Wildman–Crippen MR) is 99.1 cm³/mol. The number of hydrogen-bond acceptors (Lipinski definition) is 9. The highest BCUT2D eigenvalue weighted by Crippen LogP contribution is 2.44. The van der Waals surface area contributed by atoms with Gasteiger partial charge in [0.1, 0.15) is 22.1 Å². The van der Waals surface area contributed by atoms with Crippen LogP contribution in [-0.4, -0.2) is 66.1 Å². The summed E-state index contributed by atoms with van der Waals surface area (Å²) in [4.78, 5) is 37.8. The molecule has 3 rings (SSSR count). The third kappa shape index (κ3) is 4.12. The van der Waals surface area contributed by atoms with Gasteiger partial charge in [-0.15, -0.1) is 28.6 Å². The number of fused-ring (bicyclic) bond motifs is 1. The predicted octanol–water partition coefficient (Wildman–Crippen LogP) is 0.363. The molecule has 140 valence electrons. The van der Waals surface area contributed by atoms with Crippen molar-refractivity contribution in [2.75, 3.05) is 11.5 Å². The summed E-state index contributed by atoms with van der Waals surface area (Å²) in [5.74, 6) is -1.58. The quantitative estimate of drug-likeness (QED) is 0.413. The van der Waals surface area contributed by atoms with E-state index in [0.29, 0.717) is 15.7 Å². The van der Waals surface area contributed by atoms with Crippen molar-refractivity contribution in [1.29, 1.82) is 5.26 Å². The summed E-state index contributed by atoms with van der Waals surface area (Å²) in [5.41, 5.74) is -0.0832. The number of H-pyrrole nitrogens is 1. The molecule has 27 heavy (non-hydrogen) atoms. The third-order valence-corrected chi connectivity index (χ3v) is 6.75. The highest BCUT2D eigenvalue weighted by molar-refractivity contribution is 8.06. The minimum absolute atomic E-state index is 0.0644. The van der Waals surface area contributed by atoms with Crippen molar-refractivity contribution in [1.82, 2.24) is 25.6 Å². The smallest absolute Gasteiger partial charge is 0.353 e. The summed E-state index contributed by atoms with van der Waals surface area (Å²) in [7, 11) is 0. The van der Waals surface area contributed by atoms with E-state index < -0.39 is 23.3 Å². The fraction of sp³-hybridized carbons (Fsp3) is 0.286. The molecule has 0 aliphatic carbocycles. The Bertz CT molecular complexity index is 863. The van der Waals surface area contributed by atoms with Crippen molar-refractivity contribution < 1.29 is 19.5 Å². The van der Waals surface area contributed by atoms with Crippen molar-refractivity contribution in [3.05, 3.63) is 28.3 Å². The molecule has 13 heteroatoms. The molecule has 0 aromatic carbocycles. The molecular formula is C14H12N6O4S3. The van der Waals surface area contributed by atoms with E-state index in [-0.39, 0.29) is 17.4 Å². The Kier molecular flexibility index (Phi) is 6.09. The number of aromatic amines is 1. The van der Waals surface area contributed by atoms with Crippen LogP contribution in [0.2, 0.25) is 0 Å². The molecule has 3 N–H and O–H groups in total. The second kappa shape index (κ2) is 8.51. The highest BCUT2D eigenvalue weighted by atomic mass is 32.2. The van der Waals surface area contributed by atoms with Crippen molar-refractivity contribution in [2.45, 2.75) is 16.4 Å². The minimum Gasteiger partial charge on any atom is -0.477 e. The maximum absolute atomic E-state index is 12.5. The van der Waals surface area contributed by atoms with Crippen LogP contribution < -0.4 is 5.32 Å². The first-order valence-corrected chi connectivity index (χ1v) is 10.3. The lowest BCUT2D eigenvalue weighted by atomic mass is 10.1. The number of amides is 2. The molecule has 1 fully saturated rings. The molecule has 0 unspecified atom stereocenters. The van der Waals surface area contributed by atoms with Gasteiger partial charge in [0.15, 0.2) is 0 Å². The zero-order valence-corrected chi connectivity index (χ0v) is 15.9. The molecule has 0 bridgehead atoms. The number of nitrogens with one attached hydrogen (secondary N) is 2. The average molecular weight is 424 g/mol. The van der Waals surface area contributed by atoms with E-state index >= 15 is 0 Å². The number of aliphatic carboxylic acids is 1. The lowest BCUT2D eigenvalue weighted by molar-refractivity contribution is -0.150. The standard InChI is InChI=1S/C14H12N6O4S3/c15-2-1-3-25-6-8(21)17-10-12(22)20-11(14(23)24)7(5-26-13(10)20)27-9-4-16-19-18-9/h1,3-4,10,13H,5-6H2,(H,17,21)(H,23,24)(H,16,18,19)/t10-,13+/m1/s1. The van der Waals surface area contributed by atoms with Crippen molar-refractivity contribution in [3.8, 4) is 6.07 Å². The molecule has 1 saturated heterocycles. The summed E-state index contributed by atoms with van der Waals surface area (Å²) >= 11 is 3.67. The van der Waals surface area contributed by atoms with Crippen molar-refractivity contribution in [3.63, 3.8) is 0 Å². The van der Waals surface area contributed by atoms with E-state index in [0.717, 1.165) is 23.5 Å². The third-order valence-electron chi connectivity index (χ3n) is 3.53. The molecule has 1 aromatic rings. The van der Waals surface area contributed by atoms with E-state index in [1.54, 1.807) is 0 Å². The Hall–Kier alpha value is -2.43. The summed E-state index contributed by atoms with van der Waals surface area (Å²) in [5, 5.41) is 32.1. The van der Waals surface area contributed by atoms with Gasteiger partial charge < -0.3 is 10.4 Å². The van der Waals surface area contributed by atoms with Gasteiger partial charge in [0.2, 0.25) is 5.91 Å². The van der Waals surface area contributed by atoms with Crippen LogP contribution in [0.3, 0.4) is 0 Å². The Labute approximate surface area is 165 Å². The average Bonchev–Trinajstić information content (AvgIpc) is 3.15. The number of rotatable bonds is 7. The van der Waals surface area contributed by atoms with Crippen LogP contribution in [0, 0.1) is 11.3 Å². The van der Waals surface area contributed by atoms with E-state index in [2.05, 4.69) is 20.7 Å². The van der Waals surface area contributed by atoms with Crippen LogP contribution in [0.25, 0.3) is 0 Å². The molecule has 0 saturated carbocycles. The molecule has 1 aromatic heterocycles. The SMILES string of the molecule is N#CC=CSCC(=O)N[C@@H]1C(=O)N2C(C(=O)O)=C(Sc3cnn[nH]3)CS[C@@H]12. The molecule has 3 heterocycles. The zero-order chi connectivity index (χ0) is 19.4. The van der Waals surface area contributed by atoms with Gasteiger partial charge in [-0.25, -0.2) is 4.79 Å². The molecule has 10 nitrogen and oxygen atoms in total. The topological polar surface area (TPSA) is 152 Å². The monoisotopic (exact) mass is 424 g/mol. The van der Waals surface area contributed by atoms with Crippen LogP contribution in [-0.2, 0) is 14.4 Å². The number of nitrogens with zero attached hydrogens (tertiary/aromatic N) is 4. The van der Waals surface area contributed by atoms with Crippen LogP contribution in [0.1, 0.15) is 0 Å². The van der Waals surface area contributed by atoms with E-state index in [1.165, 1.54) is 34.3 Å². The number of carboxylic acids is 1. The number of thioether (sulfide) groups is 3. The molecular weight excluding hydrogens is 412 g/mol. The van der Waals surface area contributed by atoms with Gasteiger partial charge in [0.05, 0.1) is 18.0 Å². The normalized spacial score (nSPS) is 21.6. The number of carbonyl (C=O) groups excluding carboxylic acids is 2. The molecule has 2 aliphatic heterocycles. The van der Waals surface area contributed by atoms with Gasteiger partial charge in [-0.1, -0.05) is 17.0 Å². The van der Waals surface area contributed by atoms with E-state index in [1.807, 2.05) is 6.07 Å². The Morgan fingerprint density at radius 1 is 1.59 bits per heavy atom. The Morgan fingerprint density at radius 2 is 2.41 bits per heavy atom. The van der Waals surface area contributed by atoms with Crippen LogP contribution >= 0.6 is 35.3 Å². The highest BCUT2D eigenvalue weighted by Gasteiger charge is 2.54. The van der Waals surface area contributed by atoms with E-state index in [4.69, 9.17) is 5.26 Å². The van der Waals surface area contributed by atoms with Crippen LogP contribution in [0.15, 0.2) is 33.3 Å². The minimum atomic E-state index is -1.20. The Balaban J connectivity index is 1.68. The Morgan fingerprint density at radius 3 is 3.07 bits per heavy atom. The van der Waals surface area contributed by atoms with Crippen molar-refractivity contribution in [2.24, 2.45) is 0 Å². The number of β-lactam (4-membered cyclic amide) rings is 1. The second-order valence-electron chi connectivity index (χ2n) is 5.20. The largest absolute Gasteiger partial charge is 0.477 e.